The fourth-order valence-electron chi connectivity index (χ4n) is 2.86. The molecule has 1 aromatic heterocycles. The van der Waals surface area contributed by atoms with Gasteiger partial charge in [0.15, 0.2) is 0 Å². The Kier molecular flexibility index (Phi) is 2.92. The maximum atomic E-state index is 12.1. The Bertz CT molecular complexity index is 631. The smallest absolute Gasteiger partial charge is 0.305 e. The van der Waals surface area contributed by atoms with Crippen molar-refractivity contribution in [1.29, 1.82) is 0 Å². The van der Waals surface area contributed by atoms with Crippen molar-refractivity contribution < 1.29 is 0 Å². The van der Waals surface area contributed by atoms with Crippen molar-refractivity contribution in [2.45, 2.75) is 25.9 Å². The maximum absolute atomic E-state index is 12.1. The molecule has 4 nitrogen and oxygen atoms in total. The van der Waals surface area contributed by atoms with E-state index in [0.717, 1.165) is 37.0 Å². The first-order valence-corrected chi connectivity index (χ1v) is 6.72. The minimum Gasteiger partial charge on any atom is -0.305 e. The number of nitrogens with zero attached hydrogens (tertiary/aromatic N) is 2. The number of rotatable bonds is 2. The molecule has 5 heteroatoms. The Balaban J connectivity index is 2.18. The van der Waals surface area contributed by atoms with Gasteiger partial charge in [-0.3, -0.25) is 9.47 Å². The quantitative estimate of drug-likeness (QED) is 0.907. The van der Waals surface area contributed by atoms with Crippen LogP contribution in [0.5, 0.6) is 0 Å². The highest BCUT2D eigenvalue weighted by Gasteiger charge is 2.27. The number of aromatic amines is 1. The highest BCUT2D eigenvalue weighted by atomic mass is 35.5. The van der Waals surface area contributed by atoms with Crippen LogP contribution in [0.4, 0.5) is 0 Å². The molecule has 0 aliphatic carbocycles. The maximum Gasteiger partial charge on any atom is 0.327 e. The van der Waals surface area contributed by atoms with Gasteiger partial charge in [0, 0.05) is 11.6 Å². The van der Waals surface area contributed by atoms with E-state index in [-0.39, 0.29) is 11.9 Å². The summed E-state index contributed by atoms with van der Waals surface area (Å²) in [6, 6.07) is 5.53. The first-order chi connectivity index (χ1) is 8.70. The van der Waals surface area contributed by atoms with Crippen molar-refractivity contribution in [3.8, 4) is 0 Å². The zero-order chi connectivity index (χ0) is 12.7. The monoisotopic (exact) mass is 265 g/mol. The number of benzene rings is 1. The van der Waals surface area contributed by atoms with Crippen LogP contribution in [0, 0.1) is 0 Å². The topological polar surface area (TPSA) is 41.0 Å². The Morgan fingerprint density at radius 2 is 2.33 bits per heavy atom. The number of imidazole rings is 1. The van der Waals surface area contributed by atoms with E-state index in [1.165, 1.54) is 0 Å². The number of H-pyrrole nitrogens is 1. The van der Waals surface area contributed by atoms with Gasteiger partial charge in [0.1, 0.15) is 0 Å². The van der Waals surface area contributed by atoms with Gasteiger partial charge in [-0.2, -0.15) is 0 Å². The molecule has 1 aromatic carbocycles. The van der Waals surface area contributed by atoms with Crippen molar-refractivity contribution in [2.24, 2.45) is 0 Å². The van der Waals surface area contributed by atoms with E-state index in [0.29, 0.717) is 5.02 Å². The summed E-state index contributed by atoms with van der Waals surface area (Å²) in [5.41, 5.74) is 1.71. The molecule has 0 bridgehead atoms. The van der Waals surface area contributed by atoms with Crippen LogP contribution in [0.2, 0.25) is 5.02 Å². The van der Waals surface area contributed by atoms with Crippen LogP contribution in [0.25, 0.3) is 11.0 Å². The SMILES string of the molecule is CCN1CCCC1n1c(=O)[nH]c2ccc(Cl)cc21. The summed E-state index contributed by atoms with van der Waals surface area (Å²) in [7, 11) is 0. The molecule has 1 aliphatic heterocycles. The second kappa shape index (κ2) is 4.44. The molecular formula is C13H16ClN3O. The Morgan fingerprint density at radius 3 is 3.11 bits per heavy atom. The molecule has 1 unspecified atom stereocenters. The first kappa shape index (κ1) is 11.8. The van der Waals surface area contributed by atoms with Crippen LogP contribution < -0.4 is 5.69 Å². The van der Waals surface area contributed by atoms with E-state index in [1.54, 1.807) is 6.07 Å². The third-order valence-electron chi connectivity index (χ3n) is 3.71. The number of likely N-dealkylation sites (tertiary alicyclic amines) is 1. The fourth-order valence-corrected chi connectivity index (χ4v) is 3.03. The second-order valence-corrected chi connectivity index (χ2v) is 5.15. The van der Waals surface area contributed by atoms with Crippen LogP contribution in [-0.2, 0) is 0 Å². The number of nitrogens with one attached hydrogen (secondary N) is 1. The highest BCUT2D eigenvalue weighted by molar-refractivity contribution is 6.31. The molecule has 1 N–H and O–H groups in total. The molecule has 96 valence electrons. The molecule has 1 saturated heterocycles. The van der Waals surface area contributed by atoms with E-state index < -0.39 is 0 Å². The van der Waals surface area contributed by atoms with Gasteiger partial charge in [0.25, 0.3) is 0 Å². The molecule has 2 aromatic rings. The van der Waals surface area contributed by atoms with Crippen LogP contribution in [-0.4, -0.2) is 27.5 Å². The number of halogens is 1. The third kappa shape index (κ3) is 1.76. The van der Waals surface area contributed by atoms with Crippen molar-refractivity contribution in [3.05, 3.63) is 33.7 Å². The van der Waals surface area contributed by atoms with Crippen LogP contribution in [0.15, 0.2) is 23.0 Å². The number of hydrogen-bond acceptors (Lipinski definition) is 2. The Hall–Kier alpha value is -1.26. The number of hydrogen-bond donors (Lipinski definition) is 1. The van der Waals surface area contributed by atoms with Gasteiger partial charge in [-0.05, 0) is 37.6 Å². The molecule has 1 atom stereocenters. The summed E-state index contributed by atoms with van der Waals surface area (Å²) in [5.74, 6) is 0. The van der Waals surface area contributed by atoms with E-state index in [2.05, 4.69) is 16.8 Å². The van der Waals surface area contributed by atoms with E-state index in [9.17, 15) is 4.79 Å². The normalized spacial score (nSPS) is 20.9. The van der Waals surface area contributed by atoms with E-state index >= 15 is 0 Å². The molecule has 1 fully saturated rings. The lowest BCUT2D eigenvalue weighted by atomic mass is 10.3. The first-order valence-electron chi connectivity index (χ1n) is 6.34. The van der Waals surface area contributed by atoms with Crippen molar-refractivity contribution in [2.75, 3.05) is 13.1 Å². The van der Waals surface area contributed by atoms with Crippen LogP contribution in [0.3, 0.4) is 0 Å². The highest BCUT2D eigenvalue weighted by Crippen LogP contribution is 2.28. The standard InChI is InChI=1S/C13H16ClN3O/c1-2-16-7-3-4-12(16)17-11-8-9(14)5-6-10(11)15-13(17)18/h5-6,8,12H,2-4,7H2,1H3,(H,15,18). The summed E-state index contributed by atoms with van der Waals surface area (Å²) < 4.78 is 1.84. The Labute approximate surface area is 110 Å². The molecule has 1 aliphatic rings. The molecule has 0 amide bonds. The van der Waals surface area contributed by atoms with Crippen LogP contribution in [0.1, 0.15) is 25.9 Å². The lowest BCUT2D eigenvalue weighted by molar-refractivity contribution is 0.204. The summed E-state index contributed by atoms with van der Waals surface area (Å²) >= 11 is 6.03. The zero-order valence-corrected chi connectivity index (χ0v) is 11.1. The van der Waals surface area contributed by atoms with Crippen molar-refractivity contribution in [1.82, 2.24) is 14.5 Å². The van der Waals surface area contributed by atoms with Gasteiger partial charge >= 0.3 is 5.69 Å². The zero-order valence-electron chi connectivity index (χ0n) is 10.3. The molecule has 3 rings (SSSR count). The summed E-state index contributed by atoms with van der Waals surface area (Å²) in [5, 5.41) is 0.663. The predicted molar refractivity (Wildman–Crippen MR) is 73.1 cm³/mol. The van der Waals surface area contributed by atoms with E-state index in [1.807, 2.05) is 16.7 Å². The molecule has 0 saturated carbocycles. The number of fused-ring (bicyclic) bond motifs is 1. The van der Waals surface area contributed by atoms with Gasteiger partial charge < -0.3 is 4.98 Å². The molecule has 18 heavy (non-hydrogen) atoms. The fraction of sp³-hybridized carbons (Fsp3) is 0.462. The van der Waals surface area contributed by atoms with Crippen molar-refractivity contribution >= 4 is 22.6 Å². The minimum absolute atomic E-state index is 0.0439. The number of aromatic nitrogens is 2. The average molecular weight is 266 g/mol. The molecular weight excluding hydrogens is 250 g/mol. The van der Waals surface area contributed by atoms with Gasteiger partial charge in [-0.15, -0.1) is 0 Å². The minimum atomic E-state index is -0.0439. The predicted octanol–water partition coefficient (Wildman–Crippen LogP) is 2.60. The Morgan fingerprint density at radius 1 is 1.50 bits per heavy atom. The molecule has 0 radical (unpaired) electrons. The summed E-state index contributed by atoms with van der Waals surface area (Å²) in [6.45, 7) is 4.15. The van der Waals surface area contributed by atoms with Gasteiger partial charge in [0.05, 0.1) is 17.2 Å². The summed E-state index contributed by atoms with van der Waals surface area (Å²) in [4.78, 5) is 17.4. The van der Waals surface area contributed by atoms with Crippen LogP contribution >= 0.6 is 11.6 Å². The molecule has 2 heterocycles. The average Bonchev–Trinajstić information content (AvgIpc) is 2.91. The van der Waals surface area contributed by atoms with Gasteiger partial charge in [0.2, 0.25) is 0 Å². The third-order valence-corrected chi connectivity index (χ3v) is 3.95. The largest absolute Gasteiger partial charge is 0.327 e. The van der Waals surface area contributed by atoms with Crippen molar-refractivity contribution in [3.63, 3.8) is 0 Å². The summed E-state index contributed by atoms with van der Waals surface area (Å²) in [6.07, 6.45) is 2.32. The molecule has 0 spiro atoms. The lowest BCUT2D eigenvalue weighted by Crippen LogP contribution is -2.32. The van der Waals surface area contributed by atoms with Gasteiger partial charge in [-0.25, -0.2) is 4.79 Å². The van der Waals surface area contributed by atoms with E-state index in [4.69, 9.17) is 11.6 Å². The van der Waals surface area contributed by atoms with Gasteiger partial charge in [-0.1, -0.05) is 18.5 Å². The lowest BCUT2D eigenvalue weighted by Gasteiger charge is -2.23. The second-order valence-electron chi connectivity index (χ2n) is 4.71.